The first kappa shape index (κ1) is 23.5. The maximum Gasteiger partial charge on any atom is 0.262 e. The van der Waals surface area contributed by atoms with Crippen LogP contribution in [0.5, 0.6) is 5.75 Å². The van der Waals surface area contributed by atoms with Gasteiger partial charge in [0.15, 0.2) is 6.61 Å². The molecule has 3 rings (SSSR count). The van der Waals surface area contributed by atoms with E-state index in [2.05, 4.69) is 10.2 Å². The number of hydrogen-bond donors (Lipinski definition) is 1. The standard InChI is InChI=1S/C22H24Cl3N3O3/c1-2-3-22(30)28-10-8-27(9-11-28)19-6-5-16(13-17(19)24)26-21(29)14-31-20-7-4-15(23)12-18(20)25/h4-7,12-13H,2-3,8-11,14H2,1H3,(H,26,29). The predicted molar refractivity (Wildman–Crippen MR) is 126 cm³/mol. The number of benzene rings is 2. The van der Waals surface area contributed by atoms with Crippen molar-refractivity contribution in [3.63, 3.8) is 0 Å². The summed E-state index contributed by atoms with van der Waals surface area (Å²) < 4.78 is 5.45. The van der Waals surface area contributed by atoms with Crippen LogP contribution >= 0.6 is 34.8 Å². The van der Waals surface area contributed by atoms with Crippen molar-refractivity contribution in [1.29, 1.82) is 0 Å². The van der Waals surface area contributed by atoms with Crippen molar-refractivity contribution < 1.29 is 14.3 Å². The molecule has 0 spiro atoms. The molecule has 0 unspecified atom stereocenters. The number of hydrogen-bond acceptors (Lipinski definition) is 4. The summed E-state index contributed by atoms with van der Waals surface area (Å²) in [4.78, 5) is 28.3. The van der Waals surface area contributed by atoms with Gasteiger partial charge in [-0.05, 0) is 42.8 Å². The van der Waals surface area contributed by atoms with Gasteiger partial charge in [0.1, 0.15) is 5.75 Å². The van der Waals surface area contributed by atoms with Gasteiger partial charge in [0, 0.05) is 43.3 Å². The summed E-state index contributed by atoms with van der Waals surface area (Å²) in [6, 6.07) is 10.2. The van der Waals surface area contributed by atoms with Crippen LogP contribution in [0.4, 0.5) is 11.4 Å². The van der Waals surface area contributed by atoms with Gasteiger partial charge < -0.3 is 19.9 Å². The number of nitrogens with zero attached hydrogens (tertiary/aromatic N) is 2. The summed E-state index contributed by atoms with van der Waals surface area (Å²) in [5, 5.41) is 4.12. The van der Waals surface area contributed by atoms with Gasteiger partial charge in [-0.25, -0.2) is 0 Å². The zero-order valence-corrected chi connectivity index (χ0v) is 19.4. The molecule has 2 amide bonds. The number of rotatable bonds is 7. The highest BCUT2D eigenvalue weighted by Gasteiger charge is 2.22. The molecule has 1 aliphatic heterocycles. The highest BCUT2D eigenvalue weighted by atomic mass is 35.5. The van der Waals surface area contributed by atoms with Crippen molar-refractivity contribution in [2.24, 2.45) is 0 Å². The molecule has 1 fully saturated rings. The first-order chi connectivity index (χ1) is 14.9. The second-order valence-corrected chi connectivity index (χ2v) is 8.45. The minimum absolute atomic E-state index is 0.200. The Morgan fingerprint density at radius 2 is 1.74 bits per heavy atom. The lowest BCUT2D eigenvalue weighted by Crippen LogP contribution is -2.48. The van der Waals surface area contributed by atoms with Crippen molar-refractivity contribution in [3.8, 4) is 5.75 Å². The van der Waals surface area contributed by atoms with E-state index in [4.69, 9.17) is 39.5 Å². The lowest BCUT2D eigenvalue weighted by Gasteiger charge is -2.36. The van der Waals surface area contributed by atoms with Crippen LogP contribution in [0.15, 0.2) is 36.4 Å². The van der Waals surface area contributed by atoms with Gasteiger partial charge in [0.25, 0.3) is 5.91 Å². The summed E-state index contributed by atoms with van der Waals surface area (Å²) in [6.45, 7) is 4.60. The van der Waals surface area contributed by atoms with Gasteiger partial charge in [-0.2, -0.15) is 0 Å². The van der Waals surface area contributed by atoms with Crippen LogP contribution in [-0.4, -0.2) is 49.5 Å². The Morgan fingerprint density at radius 3 is 2.39 bits per heavy atom. The van der Waals surface area contributed by atoms with Crippen LogP contribution in [-0.2, 0) is 9.59 Å². The minimum atomic E-state index is -0.335. The van der Waals surface area contributed by atoms with Crippen LogP contribution < -0.4 is 15.0 Å². The lowest BCUT2D eigenvalue weighted by atomic mass is 10.2. The fraction of sp³-hybridized carbons (Fsp3) is 0.364. The zero-order chi connectivity index (χ0) is 22.4. The molecular formula is C22H24Cl3N3O3. The van der Waals surface area contributed by atoms with Gasteiger partial charge in [-0.1, -0.05) is 41.7 Å². The van der Waals surface area contributed by atoms with Crippen LogP contribution in [0.25, 0.3) is 0 Å². The Morgan fingerprint density at radius 1 is 1.00 bits per heavy atom. The molecule has 1 N–H and O–H groups in total. The number of anilines is 2. The first-order valence-electron chi connectivity index (χ1n) is 10.1. The van der Waals surface area contributed by atoms with Gasteiger partial charge >= 0.3 is 0 Å². The number of amides is 2. The van der Waals surface area contributed by atoms with Gasteiger partial charge in [0.05, 0.1) is 15.7 Å². The predicted octanol–water partition coefficient (Wildman–Crippen LogP) is 5.11. The molecule has 0 aromatic heterocycles. The molecule has 0 bridgehead atoms. The largest absolute Gasteiger partial charge is 0.482 e. The quantitative estimate of drug-likeness (QED) is 0.593. The normalized spacial score (nSPS) is 13.8. The Labute approximate surface area is 197 Å². The molecule has 0 saturated carbocycles. The topological polar surface area (TPSA) is 61.9 Å². The Bertz CT molecular complexity index is 947. The van der Waals surface area contributed by atoms with Crippen molar-refractivity contribution >= 4 is 58.0 Å². The smallest absolute Gasteiger partial charge is 0.262 e. The second kappa shape index (κ2) is 10.9. The van der Waals surface area contributed by atoms with Crippen molar-refractivity contribution in [3.05, 3.63) is 51.5 Å². The SMILES string of the molecule is CCCC(=O)N1CCN(c2ccc(NC(=O)COc3ccc(Cl)cc3Cl)cc2Cl)CC1. The van der Waals surface area contributed by atoms with E-state index in [-0.39, 0.29) is 18.4 Å². The number of carbonyl (C=O) groups excluding carboxylic acids is 2. The highest BCUT2D eigenvalue weighted by molar-refractivity contribution is 6.35. The summed E-state index contributed by atoms with van der Waals surface area (Å²) in [6.07, 6.45) is 1.44. The number of nitrogens with one attached hydrogen (secondary N) is 1. The van der Waals surface area contributed by atoms with Crippen molar-refractivity contribution in [2.45, 2.75) is 19.8 Å². The van der Waals surface area contributed by atoms with Gasteiger partial charge in [-0.15, -0.1) is 0 Å². The Hall–Kier alpha value is -2.15. The third-order valence-corrected chi connectivity index (χ3v) is 5.75. The number of ether oxygens (including phenoxy) is 1. The third kappa shape index (κ3) is 6.42. The molecule has 1 saturated heterocycles. The molecule has 6 nitrogen and oxygen atoms in total. The molecule has 31 heavy (non-hydrogen) atoms. The van der Waals surface area contributed by atoms with Crippen LogP contribution in [0.3, 0.4) is 0 Å². The average Bonchev–Trinajstić information content (AvgIpc) is 2.73. The van der Waals surface area contributed by atoms with Crippen LogP contribution in [0.1, 0.15) is 19.8 Å². The van der Waals surface area contributed by atoms with Gasteiger partial charge in [-0.3, -0.25) is 9.59 Å². The summed E-state index contributed by atoms with van der Waals surface area (Å²) >= 11 is 18.4. The maximum atomic E-state index is 12.2. The lowest BCUT2D eigenvalue weighted by molar-refractivity contribution is -0.131. The van der Waals surface area contributed by atoms with Crippen molar-refractivity contribution in [2.75, 3.05) is 43.0 Å². The number of carbonyl (C=O) groups is 2. The molecular weight excluding hydrogens is 461 g/mol. The molecule has 1 aliphatic rings. The number of piperazine rings is 1. The van der Waals surface area contributed by atoms with E-state index < -0.39 is 0 Å². The Kier molecular flexibility index (Phi) is 8.29. The van der Waals surface area contributed by atoms with E-state index in [1.54, 1.807) is 30.3 Å². The Balaban J connectivity index is 1.53. The number of halogens is 3. The summed E-state index contributed by atoms with van der Waals surface area (Å²) in [5.74, 6) is 0.248. The van der Waals surface area contributed by atoms with E-state index in [0.29, 0.717) is 46.0 Å². The van der Waals surface area contributed by atoms with E-state index in [1.807, 2.05) is 17.9 Å². The molecule has 166 valence electrons. The average molecular weight is 485 g/mol. The van der Waals surface area contributed by atoms with E-state index in [1.165, 1.54) is 0 Å². The van der Waals surface area contributed by atoms with E-state index in [9.17, 15) is 9.59 Å². The second-order valence-electron chi connectivity index (χ2n) is 7.20. The monoisotopic (exact) mass is 483 g/mol. The van der Waals surface area contributed by atoms with Crippen LogP contribution in [0, 0.1) is 0 Å². The maximum absolute atomic E-state index is 12.2. The minimum Gasteiger partial charge on any atom is -0.482 e. The third-order valence-electron chi connectivity index (χ3n) is 4.92. The molecule has 9 heteroatoms. The van der Waals surface area contributed by atoms with Crippen molar-refractivity contribution in [1.82, 2.24) is 4.90 Å². The fourth-order valence-corrected chi connectivity index (χ4v) is 4.11. The molecule has 0 radical (unpaired) electrons. The summed E-state index contributed by atoms with van der Waals surface area (Å²) in [7, 11) is 0. The summed E-state index contributed by atoms with van der Waals surface area (Å²) in [5.41, 5.74) is 1.45. The first-order valence-corrected chi connectivity index (χ1v) is 11.2. The molecule has 2 aromatic rings. The highest BCUT2D eigenvalue weighted by Crippen LogP contribution is 2.30. The van der Waals surface area contributed by atoms with Crippen LogP contribution in [0.2, 0.25) is 15.1 Å². The van der Waals surface area contributed by atoms with E-state index >= 15 is 0 Å². The van der Waals surface area contributed by atoms with Gasteiger partial charge in [0.2, 0.25) is 5.91 Å². The molecule has 2 aromatic carbocycles. The molecule has 0 aliphatic carbocycles. The molecule has 0 atom stereocenters. The molecule has 1 heterocycles. The van der Waals surface area contributed by atoms with E-state index in [0.717, 1.165) is 25.2 Å². The fourth-order valence-electron chi connectivity index (χ4n) is 3.34. The zero-order valence-electron chi connectivity index (χ0n) is 17.2.